The summed E-state index contributed by atoms with van der Waals surface area (Å²) in [6.45, 7) is 5.04. The minimum atomic E-state index is 0.864. The number of nitrogens with one attached hydrogen (secondary N) is 1. The number of rotatable bonds is 7. The van der Waals surface area contributed by atoms with Gasteiger partial charge in [-0.25, -0.2) is 4.98 Å². The van der Waals surface area contributed by atoms with Gasteiger partial charge in [0.1, 0.15) is 5.82 Å². The standard InChI is InChI=1S/C21H27N5/c1-4-12-25(13-5-1)21-19(16-18-8-2-3-9-20(18)24-21)17-22-10-6-14-26-15-7-11-23-26/h2-3,7-9,11,15-16,22H,1,4-6,10,12-14,17H2. The van der Waals surface area contributed by atoms with E-state index in [0.717, 1.165) is 44.7 Å². The Kier molecular flexibility index (Phi) is 5.45. The van der Waals surface area contributed by atoms with Crippen molar-refractivity contribution in [1.29, 1.82) is 0 Å². The molecule has 1 aromatic carbocycles. The number of aromatic nitrogens is 3. The van der Waals surface area contributed by atoms with Crippen molar-refractivity contribution in [2.24, 2.45) is 0 Å². The number of benzene rings is 1. The van der Waals surface area contributed by atoms with Gasteiger partial charge in [-0.05, 0) is 50.4 Å². The number of hydrogen-bond acceptors (Lipinski definition) is 4. The molecule has 3 aromatic rings. The van der Waals surface area contributed by atoms with Gasteiger partial charge in [-0.15, -0.1) is 0 Å². The summed E-state index contributed by atoms with van der Waals surface area (Å²) in [6, 6.07) is 12.7. The van der Waals surface area contributed by atoms with Crippen molar-refractivity contribution in [3.05, 3.63) is 54.4 Å². The highest BCUT2D eigenvalue weighted by Gasteiger charge is 2.16. The van der Waals surface area contributed by atoms with E-state index >= 15 is 0 Å². The van der Waals surface area contributed by atoms with E-state index in [1.54, 1.807) is 0 Å². The largest absolute Gasteiger partial charge is 0.356 e. The van der Waals surface area contributed by atoms with Gasteiger partial charge in [0, 0.05) is 49.5 Å². The van der Waals surface area contributed by atoms with Crippen molar-refractivity contribution < 1.29 is 0 Å². The molecule has 0 atom stereocenters. The average Bonchev–Trinajstić information content (AvgIpc) is 3.21. The zero-order chi connectivity index (χ0) is 17.6. The lowest BCUT2D eigenvalue weighted by molar-refractivity contribution is 0.540. The third-order valence-electron chi connectivity index (χ3n) is 5.05. The predicted octanol–water partition coefficient (Wildman–Crippen LogP) is 3.60. The fraction of sp³-hybridized carbons (Fsp3) is 0.429. The maximum Gasteiger partial charge on any atom is 0.133 e. The summed E-state index contributed by atoms with van der Waals surface area (Å²) >= 11 is 0. The van der Waals surface area contributed by atoms with Crippen molar-refractivity contribution in [2.75, 3.05) is 24.5 Å². The van der Waals surface area contributed by atoms with Crippen LogP contribution in [0.3, 0.4) is 0 Å². The Balaban J connectivity index is 1.44. The van der Waals surface area contributed by atoms with E-state index in [2.05, 4.69) is 45.6 Å². The van der Waals surface area contributed by atoms with Crippen LogP contribution in [0.15, 0.2) is 48.8 Å². The summed E-state index contributed by atoms with van der Waals surface area (Å²) in [4.78, 5) is 7.48. The molecule has 5 nitrogen and oxygen atoms in total. The molecule has 136 valence electrons. The molecule has 1 saturated heterocycles. The van der Waals surface area contributed by atoms with Crippen LogP contribution in [0.5, 0.6) is 0 Å². The SMILES string of the molecule is c1ccc2nc(N3CCCCC3)c(CNCCCn3cccn3)cc2c1. The molecule has 0 bridgehead atoms. The quantitative estimate of drug-likeness (QED) is 0.662. The first kappa shape index (κ1) is 17.0. The first-order valence-corrected chi connectivity index (χ1v) is 9.72. The molecule has 0 amide bonds. The molecule has 26 heavy (non-hydrogen) atoms. The number of nitrogens with zero attached hydrogens (tertiary/aromatic N) is 4. The maximum atomic E-state index is 5.01. The van der Waals surface area contributed by atoms with Crippen LogP contribution in [0.4, 0.5) is 5.82 Å². The van der Waals surface area contributed by atoms with E-state index in [9.17, 15) is 0 Å². The van der Waals surface area contributed by atoms with Crippen molar-refractivity contribution in [3.8, 4) is 0 Å². The van der Waals surface area contributed by atoms with Crippen molar-refractivity contribution in [3.63, 3.8) is 0 Å². The molecule has 5 heteroatoms. The Morgan fingerprint density at radius 1 is 1.04 bits per heavy atom. The minimum Gasteiger partial charge on any atom is -0.356 e. The topological polar surface area (TPSA) is 46.0 Å². The number of aryl methyl sites for hydroxylation is 1. The summed E-state index contributed by atoms with van der Waals surface area (Å²) in [5.74, 6) is 1.17. The molecule has 4 rings (SSSR count). The molecular formula is C21H27N5. The number of pyridine rings is 1. The van der Waals surface area contributed by atoms with E-state index in [1.807, 2.05) is 23.1 Å². The number of piperidine rings is 1. The molecular weight excluding hydrogens is 322 g/mol. The Morgan fingerprint density at radius 3 is 2.77 bits per heavy atom. The molecule has 3 heterocycles. The zero-order valence-corrected chi connectivity index (χ0v) is 15.3. The Bertz CT molecular complexity index is 822. The maximum absolute atomic E-state index is 5.01. The fourth-order valence-electron chi connectivity index (χ4n) is 3.68. The second-order valence-corrected chi connectivity index (χ2v) is 7.01. The summed E-state index contributed by atoms with van der Waals surface area (Å²) in [7, 11) is 0. The van der Waals surface area contributed by atoms with Crippen LogP contribution in [0.2, 0.25) is 0 Å². The lowest BCUT2D eigenvalue weighted by Gasteiger charge is -2.30. The van der Waals surface area contributed by atoms with Gasteiger partial charge in [0.2, 0.25) is 0 Å². The third kappa shape index (κ3) is 4.05. The average molecular weight is 349 g/mol. The van der Waals surface area contributed by atoms with Gasteiger partial charge in [-0.1, -0.05) is 18.2 Å². The van der Waals surface area contributed by atoms with Crippen LogP contribution >= 0.6 is 0 Å². The van der Waals surface area contributed by atoms with Crippen LogP contribution < -0.4 is 10.2 Å². The van der Waals surface area contributed by atoms with Gasteiger partial charge in [0.25, 0.3) is 0 Å². The number of hydrogen-bond donors (Lipinski definition) is 1. The van der Waals surface area contributed by atoms with Gasteiger partial charge in [0.05, 0.1) is 5.52 Å². The molecule has 0 unspecified atom stereocenters. The molecule has 1 aliphatic heterocycles. The van der Waals surface area contributed by atoms with Crippen LogP contribution in [-0.2, 0) is 13.1 Å². The van der Waals surface area contributed by atoms with Gasteiger partial charge >= 0.3 is 0 Å². The second-order valence-electron chi connectivity index (χ2n) is 7.01. The lowest BCUT2D eigenvalue weighted by atomic mass is 10.1. The smallest absolute Gasteiger partial charge is 0.133 e. The highest BCUT2D eigenvalue weighted by molar-refractivity contribution is 5.81. The number of para-hydroxylation sites is 1. The Morgan fingerprint density at radius 2 is 1.92 bits per heavy atom. The Labute approximate surface area is 155 Å². The van der Waals surface area contributed by atoms with E-state index in [0.29, 0.717) is 0 Å². The molecule has 0 aliphatic carbocycles. The second kappa shape index (κ2) is 8.32. The van der Waals surface area contributed by atoms with Crippen LogP contribution in [0.25, 0.3) is 10.9 Å². The molecule has 1 N–H and O–H groups in total. The molecule has 2 aromatic heterocycles. The molecule has 0 saturated carbocycles. The molecule has 1 aliphatic rings. The van der Waals surface area contributed by atoms with Crippen LogP contribution in [0.1, 0.15) is 31.2 Å². The van der Waals surface area contributed by atoms with Crippen molar-refractivity contribution >= 4 is 16.7 Å². The van der Waals surface area contributed by atoms with E-state index in [1.165, 1.54) is 36.0 Å². The van der Waals surface area contributed by atoms with Gasteiger partial charge < -0.3 is 10.2 Å². The van der Waals surface area contributed by atoms with Gasteiger partial charge in [-0.2, -0.15) is 5.10 Å². The summed E-state index contributed by atoms with van der Waals surface area (Å²) in [5.41, 5.74) is 2.40. The monoisotopic (exact) mass is 349 g/mol. The highest BCUT2D eigenvalue weighted by Crippen LogP contribution is 2.26. The normalized spacial score (nSPS) is 14.8. The molecule has 0 radical (unpaired) electrons. The van der Waals surface area contributed by atoms with E-state index < -0.39 is 0 Å². The summed E-state index contributed by atoms with van der Waals surface area (Å²) < 4.78 is 1.98. The first-order valence-electron chi connectivity index (χ1n) is 9.72. The highest BCUT2D eigenvalue weighted by atomic mass is 15.3. The third-order valence-corrected chi connectivity index (χ3v) is 5.05. The number of anilines is 1. The van der Waals surface area contributed by atoms with Crippen molar-refractivity contribution in [2.45, 2.75) is 38.8 Å². The van der Waals surface area contributed by atoms with Crippen molar-refractivity contribution in [1.82, 2.24) is 20.1 Å². The Hall–Kier alpha value is -2.40. The molecule has 0 spiro atoms. The molecule has 1 fully saturated rings. The predicted molar refractivity (Wildman–Crippen MR) is 106 cm³/mol. The zero-order valence-electron chi connectivity index (χ0n) is 15.3. The van der Waals surface area contributed by atoms with Crippen LogP contribution in [-0.4, -0.2) is 34.4 Å². The van der Waals surface area contributed by atoms with E-state index in [4.69, 9.17) is 4.98 Å². The minimum absolute atomic E-state index is 0.864. The van der Waals surface area contributed by atoms with Gasteiger partial charge in [0.15, 0.2) is 0 Å². The summed E-state index contributed by atoms with van der Waals surface area (Å²) in [6.07, 6.45) is 8.80. The fourth-order valence-corrected chi connectivity index (χ4v) is 3.68. The van der Waals surface area contributed by atoms with Gasteiger partial charge in [-0.3, -0.25) is 4.68 Å². The number of fused-ring (bicyclic) bond motifs is 1. The first-order chi connectivity index (χ1) is 12.9. The van der Waals surface area contributed by atoms with Crippen LogP contribution in [0, 0.1) is 0 Å². The lowest BCUT2D eigenvalue weighted by Crippen LogP contribution is -2.32. The summed E-state index contributed by atoms with van der Waals surface area (Å²) in [5, 5.41) is 9.08. The van der Waals surface area contributed by atoms with E-state index in [-0.39, 0.29) is 0 Å².